The summed E-state index contributed by atoms with van der Waals surface area (Å²) in [6.45, 7) is 7.27. The molecule has 2 atom stereocenters. The highest BCUT2D eigenvalue weighted by atomic mass is 16.5. The van der Waals surface area contributed by atoms with Crippen LogP contribution in [0, 0.1) is 6.92 Å². The first-order chi connectivity index (χ1) is 17.0. The molecule has 35 heavy (non-hydrogen) atoms. The van der Waals surface area contributed by atoms with Crippen molar-refractivity contribution in [1.29, 1.82) is 0 Å². The Morgan fingerprint density at radius 2 is 2.09 bits per heavy atom. The average molecular weight is 476 g/mol. The molecule has 1 aliphatic heterocycles. The lowest BCUT2D eigenvalue weighted by molar-refractivity contribution is -0.0242. The van der Waals surface area contributed by atoms with Gasteiger partial charge in [-0.3, -0.25) is 9.88 Å². The number of ether oxygens (including phenoxy) is 1. The van der Waals surface area contributed by atoms with E-state index in [9.17, 15) is 10.2 Å². The third-order valence-corrected chi connectivity index (χ3v) is 6.96. The van der Waals surface area contributed by atoms with Gasteiger partial charge in [-0.15, -0.1) is 0 Å². The Morgan fingerprint density at radius 3 is 2.77 bits per heavy atom. The van der Waals surface area contributed by atoms with Gasteiger partial charge in [-0.25, -0.2) is 0 Å². The number of aliphatic hydroxyl groups is 2. The van der Waals surface area contributed by atoms with E-state index in [4.69, 9.17) is 9.26 Å². The maximum absolute atomic E-state index is 11.6. The van der Waals surface area contributed by atoms with Crippen molar-refractivity contribution in [3.8, 4) is 11.4 Å². The number of hydrogen-bond donors (Lipinski definition) is 2. The van der Waals surface area contributed by atoms with Gasteiger partial charge in [0.05, 0.1) is 17.0 Å². The summed E-state index contributed by atoms with van der Waals surface area (Å²) in [7, 11) is 0. The van der Waals surface area contributed by atoms with Crippen LogP contribution in [0.15, 0.2) is 70.3 Å². The Morgan fingerprint density at radius 1 is 1.23 bits per heavy atom. The lowest BCUT2D eigenvalue weighted by atomic mass is 9.87. The summed E-state index contributed by atoms with van der Waals surface area (Å²) in [6.07, 6.45) is 13.6. The number of aryl methyl sites for hydroxylation is 1. The van der Waals surface area contributed by atoms with Crippen molar-refractivity contribution in [2.45, 2.75) is 57.7 Å². The van der Waals surface area contributed by atoms with Crippen LogP contribution in [0.25, 0.3) is 11.4 Å². The Labute approximate surface area is 206 Å². The third kappa shape index (κ3) is 4.97. The molecule has 2 aromatic heterocycles. The smallest absolute Gasteiger partial charge is 0.150 e. The molecule has 0 amide bonds. The van der Waals surface area contributed by atoms with E-state index in [-0.39, 0.29) is 17.8 Å². The Balaban J connectivity index is 1.40. The summed E-state index contributed by atoms with van der Waals surface area (Å²) in [5.74, 6) is 1.70. The Bertz CT molecular complexity index is 1190. The van der Waals surface area contributed by atoms with Crippen molar-refractivity contribution in [2.24, 2.45) is 0 Å². The van der Waals surface area contributed by atoms with Gasteiger partial charge in [-0.2, -0.15) is 0 Å². The number of likely N-dealkylation sites (tertiary alicyclic amines) is 1. The van der Waals surface area contributed by atoms with Crippen molar-refractivity contribution >= 4 is 0 Å². The second kappa shape index (κ2) is 10.2. The average Bonchev–Trinajstić information content (AvgIpc) is 3.28. The molecule has 0 spiro atoms. The zero-order valence-corrected chi connectivity index (χ0v) is 20.4. The lowest BCUT2D eigenvalue weighted by Crippen LogP contribution is -2.52. The number of nitrogens with zero attached hydrogens (tertiary/aromatic N) is 3. The van der Waals surface area contributed by atoms with E-state index in [1.54, 1.807) is 18.3 Å². The number of hydrogen-bond acceptors (Lipinski definition) is 7. The minimum absolute atomic E-state index is 0.121. The summed E-state index contributed by atoms with van der Waals surface area (Å²) in [5, 5.41) is 25.7. The molecular formula is C28H33N3O4. The van der Waals surface area contributed by atoms with Gasteiger partial charge in [0, 0.05) is 31.6 Å². The van der Waals surface area contributed by atoms with Crippen LogP contribution in [0.5, 0.6) is 0 Å². The molecule has 2 aliphatic carbocycles. The second-order valence-electron chi connectivity index (χ2n) is 9.58. The van der Waals surface area contributed by atoms with Crippen LogP contribution in [0.3, 0.4) is 0 Å². The van der Waals surface area contributed by atoms with Gasteiger partial charge in [0.1, 0.15) is 23.7 Å². The molecule has 0 bridgehead atoms. The van der Waals surface area contributed by atoms with Crippen LogP contribution in [0.1, 0.15) is 61.5 Å². The van der Waals surface area contributed by atoms with Gasteiger partial charge in [0.2, 0.25) is 0 Å². The minimum atomic E-state index is -0.873. The quantitative estimate of drug-likeness (QED) is 0.537. The molecule has 2 N–H and O–H groups in total. The van der Waals surface area contributed by atoms with Gasteiger partial charge < -0.3 is 19.5 Å². The molecule has 0 saturated carbocycles. The normalized spacial score (nSPS) is 21.7. The maximum atomic E-state index is 11.6. The summed E-state index contributed by atoms with van der Waals surface area (Å²) >= 11 is 0. The summed E-state index contributed by atoms with van der Waals surface area (Å²) < 4.78 is 12.0. The molecule has 0 radical (unpaired) electrons. The fourth-order valence-electron chi connectivity index (χ4n) is 5.00. The van der Waals surface area contributed by atoms with Gasteiger partial charge in [-0.1, -0.05) is 30.3 Å². The summed E-state index contributed by atoms with van der Waals surface area (Å²) in [6, 6.07) is 3.86. The van der Waals surface area contributed by atoms with E-state index in [0.29, 0.717) is 35.6 Å². The molecule has 0 unspecified atom stereocenters. The van der Waals surface area contributed by atoms with Crippen LogP contribution in [0.2, 0.25) is 0 Å². The fourth-order valence-corrected chi connectivity index (χ4v) is 5.00. The van der Waals surface area contributed by atoms with Crippen LogP contribution in [0.4, 0.5) is 0 Å². The fraction of sp³-hybridized carbons (Fsp3) is 0.429. The van der Waals surface area contributed by atoms with Crippen LogP contribution in [-0.4, -0.2) is 51.0 Å². The van der Waals surface area contributed by atoms with Crippen molar-refractivity contribution in [3.05, 3.63) is 82.7 Å². The number of rotatable bonds is 8. The van der Waals surface area contributed by atoms with Crippen LogP contribution in [-0.2, 0) is 4.74 Å². The van der Waals surface area contributed by atoms with E-state index in [2.05, 4.69) is 22.0 Å². The molecule has 3 aliphatic rings. The van der Waals surface area contributed by atoms with Gasteiger partial charge >= 0.3 is 0 Å². The molecule has 5 rings (SSSR count). The number of aromatic nitrogens is 2. The minimum Gasteiger partial charge on any atom is -0.508 e. The van der Waals surface area contributed by atoms with Gasteiger partial charge in [0.25, 0.3) is 0 Å². The zero-order chi connectivity index (χ0) is 24.4. The van der Waals surface area contributed by atoms with Crippen molar-refractivity contribution < 1.29 is 19.5 Å². The Kier molecular flexibility index (Phi) is 6.88. The van der Waals surface area contributed by atoms with Gasteiger partial charge in [-0.05, 0) is 68.2 Å². The predicted molar refractivity (Wildman–Crippen MR) is 134 cm³/mol. The van der Waals surface area contributed by atoms with E-state index in [0.717, 1.165) is 43.0 Å². The SMILES string of the molecule is CCCN1CC(OC2=CC=C([C@H](O)c3c(-c4ncccc4C)noc3[C@H]3C=CC(O)=CC3)CC2)C1. The van der Waals surface area contributed by atoms with Gasteiger partial charge in [0.15, 0.2) is 5.76 Å². The zero-order valence-electron chi connectivity index (χ0n) is 20.4. The number of pyridine rings is 1. The van der Waals surface area contributed by atoms with E-state index < -0.39 is 6.10 Å². The topological polar surface area (TPSA) is 91.9 Å². The molecular weight excluding hydrogens is 442 g/mol. The largest absolute Gasteiger partial charge is 0.508 e. The van der Waals surface area contributed by atoms with E-state index >= 15 is 0 Å². The highest BCUT2D eigenvalue weighted by molar-refractivity contribution is 5.65. The first-order valence-electron chi connectivity index (χ1n) is 12.5. The molecule has 7 nitrogen and oxygen atoms in total. The predicted octanol–water partition coefficient (Wildman–Crippen LogP) is 5.28. The molecule has 2 aromatic rings. The summed E-state index contributed by atoms with van der Waals surface area (Å²) in [4.78, 5) is 6.93. The van der Waals surface area contributed by atoms with Crippen LogP contribution < -0.4 is 0 Å². The molecule has 0 aromatic carbocycles. The van der Waals surface area contributed by atoms with Crippen molar-refractivity contribution in [2.75, 3.05) is 19.6 Å². The molecule has 3 heterocycles. The maximum Gasteiger partial charge on any atom is 0.150 e. The first-order valence-corrected chi connectivity index (χ1v) is 12.5. The molecule has 1 fully saturated rings. The Hall–Kier alpha value is -3.16. The highest BCUT2D eigenvalue weighted by Gasteiger charge is 2.33. The second-order valence-corrected chi connectivity index (χ2v) is 9.58. The standard InChI is InChI=1S/C28H33N3O4/c1-3-15-31-16-23(17-31)34-22-12-8-19(9-13-22)27(33)24-26(25-18(2)5-4-14-29-25)30-35-28(24)20-6-10-21(32)11-7-20/h4-6,8,10-12,14,20,23,27,32-33H,3,7,9,13,15-17H2,1-2H3/t20-,27-/m0/s1. The molecule has 1 saturated heterocycles. The lowest BCUT2D eigenvalue weighted by Gasteiger charge is -2.39. The van der Waals surface area contributed by atoms with Crippen molar-refractivity contribution in [1.82, 2.24) is 15.0 Å². The molecule has 184 valence electrons. The first kappa shape index (κ1) is 23.6. The summed E-state index contributed by atoms with van der Waals surface area (Å²) in [5.41, 5.74) is 3.77. The molecule has 7 heteroatoms. The highest BCUT2D eigenvalue weighted by Crippen LogP contribution is 2.42. The van der Waals surface area contributed by atoms with Crippen molar-refractivity contribution in [3.63, 3.8) is 0 Å². The van der Waals surface area contributed by atoms with E-state index in [1.807, 2.05) is 37.3 Å². The number of allylic oxidation sites excluding steroid dienone is 6. The monoisotopic (exact) mass is 475 g/mol. The van der Waals surface area contributed by atoms with Crippen LogP contribution >= 0.6 is 0 Å². The third-order valence-electron chi connectivity index (χ3n) is 6.96. The number of aliphatic hydroxyl groups excluding tert-OH is 2. The van der Waals surface area contributed by atoms with E-state index in [1.165, 1.54) is 6.42 Å².